The molecule has 0 unspecified atom stereocenters. The van der Waals surface area contributed by atoms with E-state index in [0.29, 0.717) is 14.5 Å². The van der Waals surface area contributed by atoms with E-state index >= 15 is 0 Å². The molecule has 0 atom stereocenters. The predicted molar refractivity (Wildman–Crippen MR) is 91.8 cm³/mol. The number of aromatic nitrogens is 2. The van der Waals surface area contributed by atoms with E-state index in [4.69, 9.17) is 23.2 Å². The molecule has 0 aliphatic heterocycles. The van der Waals surface area contributed by atoms with Gasteiger partial charge in [-0.3, -0.25) is 0 Å². The summed E-state index contributed by atoms with van der Waals surface area (Å²) in [5.74, 6) is 1.42. The molecule has 0 radical (unpaired) electrons. The average molecular weight is 338 g/mol. The van der Waals surface area contributed by atoms with Crippen LogP contribution in [0.3, 0.4) is 0 Å². The molecular weight excluding hydrogens is 325 g/mol. The van der Waals surface area contributed by atoms with Crippen LogP contribution in [0.4, 0.5) is 5.82 Å². The molecule has 0 amide bonds. The molecule has 0 bridgehead atoms. The van der Waals surface area contributed by atoms with Gasteiger partial charge < -0.3 is 5.32 Å². The fourth-order valence-electron chi connectivity index (χ4n) is 2.26. The lowest BCUT2D eigenvalue weighted by Gasteiger charge is -2.11. The third-order valence-electron chi connectivity index (χ3n) is 3.17. The van der Waals surface area contributed by atoms with Gasteiger partial charge >= 0.3 is 0 Å². The fraction of sp³-hybridized carbons (Fsp3) is 0.200. The molecule has 21 heavy (non-hydrogen) atoms. The smallest absolute Gasteiger partial charge is 0.164 e. The van der Waals surface area contributed by atoms with Gasteiger partial charge in [-0.1, -0.05) is 35.3 Å². The molecule has 0 spiro atoms. The lowest BCUT2D eigenvalue weighted by molar-refractivity contribution is 1.14. The van der Waals surface area contributed by atoms with Gasteiger partial charge in [-0.25, -0.2) is 9.97 Å². The first kappa shape index (κ1) is 14.6. The quantitative estimate of drug-likeness (QED) is 0.694. The van der Waals surface area contributed by atoms with Crippen molar-refractivity contribution in [3.05, 3.63) is 38.5 Å². The topological polar surface area (TPSA) is 37.8 Å². The first-order valence-corrected chi connectivity index (χ1v) is 8.14. The first-order valence-electron chi connectivity index (χ1n) is 6.56. The predicted octanol–water partition coefficient (Wildman–Crippen LogP) is 5.41. The SMILES string of the molecule is CCNc1nc(-c2cc(Cl)sc2Cl)nc2cccc(C)c12. The second-order valence-corrected chi connectivity index (χ2v) is 6.92. The maximum atomic E-state index is 6.23. The highest BCUT2D eigenvalue weighted by molar-refractivity contribution is 7.20. The number of nitrogens with one attached hydrogen (secondary N) is 1. The number of aryl methyl sites for hydroxylation is 1. The standard InChI is InChI=1S/C15H13Cl2N3S/c1-3-18-15-12-8(2)5-4-6-10(12)19-14(20-15)9-7-11(16)21-13(9)17/h4-7H,3H2,1-2H3,(H,18,19,20). The van der Waals surface area contributed by atoms with Crippen LogP contribution in [-0.4, -0.2) is 16.5 Å². The van der Waals surface area contributed by atoms with Crippen LogP contribution >= 0.6 is 34.5 Å². The molecule has 0 saturated carbocycles. The van der Waals surface area contributed by atoms with Crippen molar-refractivity contribution in [3.8, 4) is 11.4 Å². The summed E-state index contributed by atoms with van der Waals surface area (Å²) < 4.78 is 1.24. The summed E-state index contributed by atoms with van der Waals surface area (Å²) in [5.41, 5.74) is 2.81. The number of anilines is 1. The van der Waals surface area contributed by atoms with Crippen LogP contribution in [0.1, 0.15) is 12.5 Å². The molecular formula is C15H13Cl2N3S. The summed E-state index contributed by atoms with van der Waals surface area (Å²) >= 11 is 13.6. The Morgan fingerprint density at radius 2 is 2.05 bits per heavy atom. The van der Waals surface area contributed by atoms with Crippen LogP contribution in [0.25, 0.3) is 22.3 Å². The zero-order chi connectivity index (χ0) is 15.0. The van der Waals surface area contributed by atoms with E-state index in [-0.39, 0.29) is 0 Å². The lowest BCUT2D eigenvalue weighted by Crippen LogP contribution is -2.03. The van der Waals surface area contributed by atoms with E-state index in [0.717, 1.165) is 34.4 Å². The van der Waals surface area contributed by atoms with E-state index in [1.807, 2.05) is 19.1 Å². The first-order chi connectivity index (χ1) is 10.1. The molecule has 0 fully saturated rings. The minimum Gasteiger partial charge on any atom is -0.370 e. The summed E-state index contributed by atoms with van der Waals surface area (Å²) in [6.07, 6.45) is 0. The molecule has 1 aromatic carbocycles. The number of rotatable bonds is 3. The van der Waals surface area contributed by atoms with E-state index in [1.54, 1.807) is 6.07 Å². The molecule has 0 aliphatic carbocycles. The maximum absolute atomic E-state index is 6.23. The zero-order valence-corrected chi connectivity index (χ0v) is 13.9. The average Bonchev–Trinajstić information content (AvgIpc) is 2.78. The van der Waals surface area contributed by atoms with Gasteiger partial charge in [-0.15, -0.1) is 11.3 Å². The minimum absolute atomic E-state index is 0.595. The molecule has 2 heterocycles. The molecule has 0 aliphatic rings. The summed E-state index contributed by atoms with van der Waals surface area (Å²) in [6.45, 7) is 4.89. The number of hydrogen-bond acceptors (Lipinski definition) is 4. The van der Waals surface area contributed by atoms with Gasteiger partial charge in [0, 0.05) is 11.9 Å². The summed E-state index contributed by atoms with van der Waals surface area (Å²) in [6, 6.07) is 7.84. The monoisotopic (exact) mass is 337 g/mol. The third-order valence-corrected chi connectivity index (χ3v) is 4.66. The van der Waals surface area contributed by atoms with Gasteiger partial charge in [-0.05, 0) is 31.5 Å². The number of hydrogen-bond donors (Lipinski definition) is 1. The highest BCUT2D eigenvalue weighted by Crippen LogP contribution is 2.38. The Bertz CT molecular complexity index is 814. The Balaban J connectivity index is 2.28. The van der Waals surface area contributed by atoms with E-state index in [9.17, 15) is 0 Å². The number of thiophene rings is 1. The highest BCUT2D eigenvalue weighted by Gasteiger charge is 2.15. The normalized spacial score (nSPS) is 11.0. The van der Waals surface area contributed by atoms with Crippen molar-refractivity contribution in [2.75, 3.05) is 11.9 Å². The molecule has 2 aromatic heterocycles. The van der Waals surface area contributed by atoms with Gasteiger partial charge in [-0.2, -0.15) is 0 Å². The molecule has 1 N–H and O–H groups in total. The highest BCUT2D eigenvalue weighted by atomic mass is 35.5. The van der Waals surface area contributed by atoms with Gasteiger partial charge in [0.15, 0.2) is 5.82 Å². The number of halogens is 2. The number of nitrogens with zero attached hydrogens (tertiary/aromatic N) is 2. The van der Waals surface area contributed by atoms with E-state index in [1.165, 1.54) is 11.3 Å². The Labute approximate surface area is 137 Å². The zero-order valence-electron chi connectivity index (χ0n) is 11.6. The van der Waals surface area contributed by atoms with Crippen molar-refractivity contribution in [3.63, 3.8) is 0 Å². The van der Waals surface area contributed by atoms with E-state index < -0.39 is 0 Å². The molecule has 3 aromatic rings. The number of benzene rings is 1. The Kier molecular flexibility index (Phi) is 4.02. The summed E-state index contributed by atoms with van der Waals surface area (Å²) in [7, 11) is 0. The number of fused-ring (bicyclic) bond motifs is 1. The largest absolute Gasteiger partial charge is 0.370 e. The van der Waals surface area contributed by atoms with Crippen molar-refractivity contribution in [1.82, 2.24) is 9.97 Å². The maximum Gasteiger partial charge on any atom is 0.164 e. The van der Waals surface area contributed by atoms with Crippen LogP contribution in [0, 0.1) is 6.92 Å². The van der Waals surface area contributed by atoms with E-state index in [2.05, 4.69) is 28.3 Å². The van der Waals surface area contributed by atoms with Gasteiger partial charge in [0.2, 0.25) is 0 Å². The fourth-order valence-corrected chi connectivity index (χ4v) is 3.72. The Morgan fingerprint density at radius 1 is 1.24 bits per heavy atom. The molecule has 3 rings (SSSR count). The van der Waals surface area contributed by atoms with Crippen molar-refractivity contribution in [2.24, 2.45) is 0 Å². The Hall–Kier alpha value is -1.36. The van der Waals surface area contributed by atoms with Crippen LogP contribution < -0.4 is 5.32 Å². The van der Waals surface area contributed by atoms with Gasteiger partial charge in [0.1, 0.15) is 10.2 Å². The summed E-state index contributed by atoms with van der Waals surface area (Å²) in [5, 5.41) is 4.35. The van der Waals surface area contributed by atoms with Crippen molar-refractivity contribution < 1.29 is 0 Å². The molecule has 108 valence electrons. The Morgan fingerprint density at radius 3 is 2.71 bits per heavy atom. The van der Waals surface area contributed by atoms with Crippen LogP contribution in [0.5, 0.6) is 0 Å². The van der Waals surface area contributed by atoms with Gasteiger partial charge in [0.05, 0.1) is 15.4 Å². The lowest BCUT2D eigenvalue weighted by atomic mass is 10.1. The molecule has 3 nitrogen and oxygen atoms in total. The minimum atomic E-state index is 0.595. The second-order valence-electron chi connectivity index (χ2n) is 4.63. The van der Waals surface area contributed by atoms with Crippen LogP contribution in [0.2, 0.25) is 8.67 Å². The third kappa shape index (κ3) is 2.71. The molecule has 0 saturated heterocycles. The second kappa shape index (κ2) is 5.79. The molecule has 6 heteroatoms. The van der Waals surface area contributed by atoms with Crippen LogP contribution in [0.15, 0.2) is 24.3 Å². The van der Waals surface area contributed by atoms with Crippen molar-refractivity contribution >= 4 is 51.3 Å². The van der Waals surface area contributed by atoms with Gasteiger partial charge in [0.25, 0.3) is 0 Å². The van der Waals surface area contributed by atoms with Crippen LogP contribution in [-0.2, 0) is 0 Å². The van der Waals surface area contributed by atoms with Crippen molar-refractivity contribution in [1.29, 1.82) is 0 Å². The summed E-state index contributed by atoms with van der Waals surface area (Å²) in [4.78, 5) is 9.27. The van der Waals surface area contributed by atoms with Crippen molar-refractivity contribution in [2.45, 2.75) is 13.8 Å².